The molecule has 0 atom stereocenters. The van der Waals surface area contributed by atoms with Gasteiger partial charge in [-0.3, -0.25) is 0 Å². The van der Waals surface area contributed by atoms with E-state index in [1.54, 1.807) is 11.9 Å². The van der Waals surface area contributed by atoms with Crippen molar-refractivity contribution in [3.63, 3.8) is 0 Å². The van der Waals surface area contributed by atoms with Gasteiger partial charge in [0.25, 0.3) is 0 Å². The zero-order chi connectivity index (χ0) is 12.2. The molecule has 16 heavy (non-hydrogen) atoms. The molecule has 1 aromatic carbocycles. The van der Waals surface area contributed by atoms with Crippen molar-refractivity contribution in [3.05, 3.63) is 47.9 Å². The molecule has 5 heteroatoms. The van der Waals surface area contributed by atoms with Crippen LogP contribution in [0.15, 0.2) is 42.4 Å². The van der Waals surface area contributed by atoms with E-state index in [1.165, 1.54) is 0 Å². The zero-order valence-electron chi connectivity index (χ0n) is 9.17. The monoisotopic (exact) mass is 228 g/mol. The maximum Gasteiger partial charge on any atom is 0.506 e. The molecule has 0 saturated carbocycles. The lowest BCUT2D eigenvalue weighted by Crippen LogP contribution is -2.29. The number of likely N-dealkylation sites (N-methyl/N-ethyl adjacent to an activating group) is 1. The number of benzene rings is 1. The third-order valence-corrected chi connectivity index (χ3v) is 2.23. The SMILES string of the molecule is C=C(CN(C)Cc1ccccc1)[B-](F)(F)F. The molecule has 0 N–H and O–H groups in total. The maximum absolute atomic E-state index is 12.3. The van der Waals surface area contributed by atoms with Gasteiger partial charge in [-0.05, 0) is 19.2 Å². The van der Waals surface area contributed by atoms with E-state index in [0.717, 1.165) is 5.56 Å². The van der Waals surface area contributed by atoms with E-state index < -0.39 is 12.4 Å². The Kier molecular flexibility index (Phi) is 4.18. The summed E-state index contributed by atoms with van der Waals surface area (Å²) in [6.07, 6.45) is 0. The Bertz CT molecular complexity index is 348. The van der Waals surface area contributed by atoms with Gasteiger partial charge in [-0.2, -0.15) is 0 Å². The minimum Gasteiger partial charge on any atom is -0.445 e. The minimum absolute atomic E-state index is 0.140. The number of nitrogens with zero attached hydrogens (tertiary/aromatic N) is 1. The third-order valence-electron chi connectivity index (χ3n) is 2.23. The molecule has 0 amide bonds. The van der Waals surface area contributed by atoms with Gasteiger partial charge < -0.3 is 17.8 Å². The fourth-order valence-electron chi connectivity index (χ4n) is 1.40. The van der Waals surface area contributed by atoms with Gasteiger partial charge in [-0.25, -0.2) is 0 Å². The van der Waals surface area contributed by atoms with Crippen LogP contribution in [0, 0.1) is 0 Å². The van der Waals surface area contributed by atoms with Gasteiger partial charge in [0.15, 0.2) is 0 Å². The first-order chi connectivity index (χ1) is 7.39. The molecule has 0 unspecified atom stereocenters. The van der Waals surface area contributed by atoms with E-state index in [0.29, 0.717) is 6.54 Å². The van der Waals surface area contributed by atoms with Crippen molar-refractivity contribution in [3.8, 4) is 0 Å². The standard InChI is InChI=1S/C11H14BF3N/c1-10(12(13,14)15)8-16(2)9-11-6-4-3-5-7-11/h3-7H,1,8-9H2,2H3/q-1. The zero-order valence-corrected chi connectivity index (χ0v) is 9.17. The summed E-state index contributed by atoms with van der Waals surface area (Å²) in [4.78, 5) is 1.60. The summed E-state index contributed by atoms with van der Waals surface area (Å²) in [5, 5.41) is 0. The van der Waals surface area contributed by atoms with Crippen LogP contribution in [0.3, 0.4) is 0 Å². The van der Waals surface area contributed by atoms with Crippen LogP contribution in [0.2, 0.25) is 0 Å². The van der Waals surface area contributed by atoms with Gasteiger partial charge in [0.05, 0.1) is 0 Å². The second-order valence-electron chi connectivity index (χ2n) is 3.89. The normalized spacial score (nSPS) is 11.8. The Hall–Kier alpha value is -1.23. The van der Waals surface area contributed by atoms with E-state index >= 15 is 0 Å². The third kappa shape index (κ3) is 4.10. The van der Waals surface area contributed by atoms with Crippen LogP contribution >= 0.6 is 0 Å². The summed E-state index contributed by atoms with van der Waals surface area (Å²) < 4.78 is 36.9. The highest BCUT2D eigenvalue weighted by Gasteiger charge is 2.26. The number of hydrogen-bond donors (Lipinski definition) is 0. The lowest BCUT2D eigenvalue weighted by atomic mass is 9.80. The Labute approximate surface area is 93.6 Å². The van der Waals surface area contributed by atoms with Crippen LogP contribution in [0.1, 0.15) is 5.56 Å². The van der Waals surface area contributed by atoms with Gasteiger partial charge >= 0.3 is 6.98 Å². The average Bonchev–Trinajstić information content (AvgIpc) is 2.17. The molecule has 88 valence electrons. The molecule has 1 rings (SSSR count). The summed E-state index contributed by atoms with van der Waals surface area (Å²) in [6.45, 7) is -1.50. The van der Waals surface area contributed by atoms with Crippen molar-refractivity contribution < 1.29 is 12.9 Å². The Morgan fingerprint density at radius 3 is 2.31 bits per heavy atom. The van der Waals surface area contributed by atoms with Crippen LogP contribution in [0.4, 0.5) is 12.9 Å². The molecule has 0 spiro atoms. The summed E-state index contributed by atoms with van der Waals surface area (Å²) in [5.41, 5.74) is 0.339. The maximum atomic E-state index is 12.3. The molecule has 0 aliphatic rings. The Balaban J connectivity index is 2.49. The molecule has 1 nitrogen and oxygen atoms in total. The average molecular weight is 228 g/mol. The Morgan fingerprint density at radius 1 is 1.25 bits per heavy atom. The lowest BCUT2D eigenvalue weighted by Gasteiger charge is -2.24. The van der Waals surface area contributed by atoms with Crippen molar-refractivity contribution in [2.24, 2.45) is 0 Å². The summed E-state index contributed by atoms with van der Waals surface area (Å²) in [7, 11) is 1.65. The first-order valence-electron chi connectivity index (χ1n) is 4.99. The van der Waals surface area contributed by atoms with Gasteiger partial charge in [0, 0.05) is 6.54 Å². The fourth-order valence-corrected chi connectivity index (χ4v) is 1.40. The quantitative estimate of drug-likeness (QED) is 0.700. The minimum atomic E-state index is -4.92. The molecule has 1 aromatic rings. The van der Waals surface area contributed by atoms with E-state index in [4.69, 9.17) is 0 Å². The molecule has 0 aliphatic heterocycles. The van der Waals surface area contributed by atoms with E-state index in [-0.39, 0.29) is 6.54 Å². The van der Waals surface area contributed by atoms with Gasteiger partial charge in [-0.15, -0.1) is 12.1 Å². The molecule has 0 radical (unpaired) electrons. The smallest absolute Gasteiger partial charge is 0.445 e. The van der Waals surface area contributed by atoms with Crippen molar-refractivity contribution in [2.45, 2.75) is 6.54 Å². The molecular formula is C11H14BF3N-. The largest absolute Gasteiger partial charge is 0.506 e. The van der Waals surface area contributed by atoms with E-state index in [1.807, 2.05) is 30.3 Å². The number of rotatable bonds is 5. The first-order valence-corrected chi connectivity index (χ1v) is 4.99. The molecule has 0 fully saturated rings. The predicted octanol–water partition coefficient (Wildman–Crippen LogP) is 3.06. The van der Waals surface area contributed by atoms with Crippen LogP contribution in [0.25, 0.3) is 0 Å². The summed E-state index contributed by atoms with van der Waals surface area (Å²) in [5.74, 6) is 0. The molecule has 0 aromatic heterocycles. The van der Waals surface area contributed by atoms with Crippen molar-refractivity contribution in [1.29, 1.82) is 0 Å². The Morgan fingerprint density at radius 2 is 1.81 bits per heavy atom. The molecule has 0 bridgehead atoms. The van der Waals surface area contributed by atoms with E-state index in [2.05, 4.69) is 6.58 Å². The van der Waals surface area contributed by atoms with Crippen LogP contribution in [-0.2, 0) is 6.54 Å². The second-order valence-corrected chi connectivity index (χ2v) is 3.89. The lowest BCUT2D eigenvalue weighted by molar-refractivity contribution is 0.350. The first kappa shape index (κ1) is 12.8. The van der Waals surface area contributed by atoms with Crippen molar-refractivity contribution in [2.75, 3.05) is 13.6 Å². The summed E-state index contributed by atoms with van der Waals surface area (Å²) >= 11 is 0. The predicted molar refractivity (Wildman–Crippen MR) is 61.0 cm³/mol. The molecule has 0 aliphatic carbocycles. The van der Waals surface area contributed by atoms with Crippen LogP contribution in [-0.4, -0.2) is 25.5 Å². The van der Waals surface area contributed by atoms with Crippen molar-refractivity contribution >= 4 is 6.98 Å². The highest BCUT2D eigenvalue weighted by Crippen LogP contribution is 2.19. The van der Waals surface area contributed by atoms with Gasteiger partial charge in [-0.1, -0.05) is 30.3 Å². The summed E-state index contributed by atoms with van der Waals surface area (Å²) in [6, 6.07) is 9.38. The number of halogens is 3. The highest BCUT2D eigenvalue weighted by atomic mass is 19.4. The van der Waals surface area contributed by atoms with Gasteiger partial charge in [0.1, 0.15) is 0 Å². The van der Waals surface area contributed by atoms with E-state index in [9.17, 15) is 12.9 Å². The highest BCUT2D eigenvalue weighted by molar-refractivity contribution is 6.66. The van der Waals surface area contributed by atoms with Gasteiger partial charge in [0.2, 0.25) is 0 Å². The molecule has 0 saturated heterocycles. The van der Waals surface area contributed by atoms with Crippen molar-refractivity contribution in [1.82, 2.24) is 4.90 Å². The molecular weight excluding hydrogens is 214 g/mol. The molecule has 0 heterocycles. The van der Waals surface area contributed by atoms with Crippen LogP contribution < -0.4 is 0 Å². The topological polar surface area (TPSA) is 3.24 Å². The second kappa shape index (κ2) is 5.21. The number of hydrogen-bond acceptors (Lipinski definition) is 1. The van der Waals surface area contributed by atoms with Crippen LogP contribution in [0.5, 0.6) is 0 Å². The fraction of sp³-hybridized carbons (Fsp3) is 0.273.